The number of rotatable bonds is 6. The fraction of sp³-hybridized carbons (Fsp3) is 0.333. The highest BCUT2D eigenvalue weighted by atomic mass is 35.5. The van der Waals surface area contributed by atoms with Crippen LogP contribution in [0.4, 0.5) is 11.4 Å². The van der Waals surface area contributed by atoms with Gasteiger partial charge in [0.1, 0.15) is 0 Å². The number of thiocarbonyl (C=S) groups is 1. The van der Waals surface area contributed by atoms with E-state index < -0.39 is 5.97 Å². The number of carbonyl (C=O) groups is 1. The van der Waals surface area contributed by atoms with Gasteiger partial charge >= 0.3 is 5.97 Å². The number of carbonyl (C=O) groups excluding carboxylic acids is 1. The Labute approximate surface area is 176 Å². The van der Waals surface area contributed by atoms with Crippen molar-refractivity contribution in [3.05, 3.63) is 58.6 Å². The molecule has 0 radical (unpaired) electrons. The highest BCUT2D eigenvalue weighted by Gasteiger charge is 2.24. The molecular weight excluding hydrogens is 394 g/mol. The monoisotopic (exact) mass is 417 g/mol. The van der Waals surface area contributed by atoms with Gasteiger partial charge in [0.05, 0.1) is 17.7 Å². The molecule has 1 aliphatic rings. The number of para-hydroxylation sites is 1. The van der Waals surface area contributed by atoms with Gasteiger partial charge in [0.15, 0.2) is 5.11 Å². The van der Waals surface area contributed by atoms with Gasteiger partial charge in [-0.2, -0.15) is 0 Å². The SMILES string of the molecule is COC(=O)c1cc(NC(=S)NCCCN2c3ccccc3C[C@H]2C)ccc1Cl. The Hall–Kier alpha value is -2.31. The minimum atomic E-state index is -0.479. The van der Waals surface area contributed by atoms with Crippen LogP contribution >= 0.6 is 23.8 Å². The average Bonchev–Trinajstić information content (AvgIpc) is 3.01. The van der Waals surface area contributed by atoms with Crippen LogP contribution in [0.15, 0.2) is 42.5 Å². The van der Waals surface area contributed by atoms with E-state index in [4.69, 9.17) is 28.6 Å². The Morgan fingerprint density at radius 3 is 2.89 bits per heavy atom. The summed E-state index contributed by atoms with van der Waals surface area (Å²) in [6, 6.07) is 14.2. The van der Waals surface area contributed by atoms with Crippen LogP contribution in [0.3, 0.4) is 0 Å². The molecule has 28 heavy (non-hydrogen) atoms. The van der Waals surface area contributed by atoms with E-state index >= 15 is 0 Å². The molecule has 1 heterocycles. The number of esters is 1. The Balaban J connectivity index is 1.47. The molecule has 2 aromatic rings. The molecule has 0 unspecified atom stereocenters. The van der Waals surface area contributed by atoms with Crippen molar-refractivity contribution in [2.75, 3.05) is 30.4 Å². The van der Waals surface area contributed by atoms with Crippen LogP contribution in [0.2, 0.25) is 5.02 Å². The topological polar surface area (TPSA) is 53.6 Å². The Morgan fingerprint density at radius 2 is 2.11 bits per heavy atom. The van der Waals surface area contributed by atoms with Crippen molar-refractivity contribution in [2.45, 2.75) is 25.8 Å². The average molecular weight is 418 g/mol. The number of hydrogen-bond acceptors (Lipinski definition) is 4. The normalized spacial score (nSPS) is 15.1. The van der Waals surface area contributed by atoms with Crippen LogP contribution in [-0.4, -0.2) is 37.3 Å². The first-order chi connectivity index (χ1) is 13.5. The minimum absolute atomic E-state index is 0.304. The standard InChI is InChI=1S/C21H24ClN3O2S/c1-14-12-15-6-3-4-7-19(15)25(14)11-5-10-23-21(28)24-16-8-9-18(22)17(13-16)20(26)27-2/h3-4,6-9,13-14H,5,10-12H2,1-2H3,(H2,23,24,28)/t14-/m1/s1. The van der Waals surface area contributed by atoms with Crippen LogP contribution in [0.25, 0.3) is 0 Å². The molecule has 0 aliphatic carbocycles. The molecular formula is C21H24ClN3O2S. The number of ether oxygens (including phenoxy) is 1. The number of fused-ring (bicyclic) bond motifs is 1. The second-order valence-electron chi connectivity index (χ2n) is 6.80. The molecule has 5 nitrogen and oxygen atoms in total. The first-order valence-corrected chi connectivity index (χ1v) is 10.1. The van der Waals surface area contributed by atoms with Crippen molar-refractivity contribution >= 4 is 46.3 Å². The molecule has 148 valence electrons. The summed E-state index contributed by atoms with van der Waals surface area (Å²) in [5.74, 6) is -0.479. The molecule has 0 aromatic heterocycles. The zero-order valence-corrected chi connectivity index (χ0v) is 17.6. The van der Waals surface area contributed by atoms with Gasteiger partial charge in [-0.05, 0) is 61.8 Å². The van der Waals surface area contributed by atoms with Crippen LogP contribution in [0, 0.1) is 0 Å². The van der Waals surface area contributed by atoms with E-state index in [0.29, 0.717) is 27.4 Å². The lowest BCUT2D eigenvalue weighted by Gasteiger charge is -2.25. The third-order valence-corrected chi connectivity index (χ3v) is 5.42. The molecule has 0 spiro atoms. The van der Waals surface area contributed by atoms with E-state index in [-0.39, 0.29) is 0 Å². The number of methoxy groups -OCH3 is 1. The first kappa shape index (κ1) is 20.4. The maximum atomic E-state index is 11.7. The van der Waals surface area contributed by atoms with Gasteiger partial charge in [0.25, 0.3) is 0 Å². The smallest absolute Gasteiger partial charge is 0.339 e. The summed E-state index contributed by atoms with van der Waals surface area (Å²) >= 11 is 11.4. The molecule has 1 atom stereocenters. The summed E-state index contributed by atoms with van der Waals surface area (Å²) in [6.07, 6.45) is 2.07. The second kappa shape index (κ2) is 9.26. The molecule has 0 bridgehead atoms. The Kier molecular flexibility index (Phi) is 6.75. The predicted octanol–water partition coefficient (Wildman–Crippen LogP) is 4.25. The zero-order chi connectivity index (χ0) is 20.1. The molecule has 0 amide bonds. The van der Waals surface area contributed by atoms with Crippen LogP contribution in [0.1, 0.15) is 29.3 Å². The van der Waals surface area contributed by atoms with Gasteiger partial charge in [-0.25, -0.2) is 4.79 Å². The van der Waals surface area contributed by atoms with Crippen molar-refractivity contribution in [2.24, 2.45) is 0 Å². The highest BCUT2D eigenvalue weighted by Crippen LogP contribution is 2.31. The van der Waals surface area contributed by atoms with Gasteiger partial charge in [-0.15, -0.1) is 0 Å². The Bertz CT molecular complexity index is 874. The van der Waals surface area contributed by atoms with E-state index in [1.807, 2.05) is 0 Å². The zero-order valence-electron chi connectivity index (χ0n) is 16.0. The summed E-state index contributed by atoms with van der Waals surface area (Å²) in [5.41, 5.74) is 3.75. The van der Waals surface area contributed by atoms with E-state index in [9.17, 15) is 4.79 Å². The maximum absolute atomic E-state index is 11.7. The van der Waals surface area contributed by atoms with Crippen LogP contribution < -0.4 is 15.5 Å². The summed E-state index contributed by atoms with van der Waals surface area (Å²) < 4.78 is 4.73. The summed E-state index contributed by atoms with van der Waals surface area (Å²) in [7, 11) is 1.32. The molecule has 3 rings (SSSR count). The van der Waals surface area contributed by atoms with Crippen molar-refractivity contribution in [3.63, 3.8) is 0 Å². The van der Waals surface area contributed by atoms with E-state index in [2.05, 4.69) is 46.7 Å². The Morgan fingerprint density at radius 1 is 1.32 bits per heavy atom. The van der Waals surface area contributed by atoms with Crippen molar-refractivity contribution in [3.8, 4) is 0 Å². The molecule has 1 aliphatic heterocycles. The maximum Gasteiger partial charge on any atom is 0.339 e. The number of hydrogen-bond donors (Lipinski definition) is 2. The third-order valence-electron chi connectivity index (χ3n) is 4.84. The van der Waals surface area contributed by atoms with E-state index in [1.54, 1.807) is 18.2 Å². The van der Waals surface area contributed by atoms with Gasteiger partial charge < -0.3 is 20.3 Å². The van der Waals surface area contributed by atoms with Crippen molar-refractivity contribution < 1.29 is 9.53 Å². The van der Waals surface area contributed by atoms with Crippen LogP contribution in [-0.2, 0) is 11.2 Å². The van der Waals surface area contributed by atoms with Crippen LogP contribution in [0.5, 0.6) is 0 Å². The molecule has 2 N–H and O–H groups in total. The lowest BCUT2D eigenvalue weighted by atomic mass is 10.1. The third kappa shape index (κ3) is 4.75. The lowest BCUT2D eigenvalue weighted by Crippen LogP contribution is -2.34. The number of nitrogens with one attached hydrogen (secondary N) is 2. The molecule has 0 saturated carbocycles. The quantitative estimate of drug-likeness (QED) is 0.416. The molecule has 7 heteroatoms. The number of halogens is 1. The largest absolute Gasteiger partial charge is 0.465 e. The number of anilines is 2. The summed E-state index contributed by atoms with van der Waals surface area (Å²) in [4.78, 5) is 14.2. The lowest BCUT2D eigenvalue weighted by molar-refractivity contribution is 0.0601. The van der Waals surface area contributed by atoms with Gasteiger partial charge in [-0.3, -0.25) is 0 Å². The van der Waals surface area contributed by atoms with Gasteiger partial charge in [0.2, 0.25) is 0 Å². The first-order valence-electron chi connectivity index (χ1n) is 9.27. The fourth-order valence-corrected chi connectivity index (χ4v) is 3.88. The van der Waals surface area contributed by atoms with Crippen molar-refractivity contribution in [1.29, 1.82) is 0 Å². The van der Waals surface area contributed by atoms with Gasteiger partial charge in [-0.1, -0.05) is 29.8 Å². The number of benzene rings is 2. The van der Waals surface area contributed by atoms with Crippen molar-refractivity contribution in [1.82, 2.24) is 5.32 Å². The summed E-state index contributed by atoms with van der Waals surface area (Å²) in [5, 5.41) is 7.15. The highest BCUT2D eigenvalue weighted by molar-refractivity contribution is 7.80. The molecule has 0 saturated heterocycles. The fourth-order valence-electron chi connectivity index (χ4n) is 3.47. The molecule has 0 fully saturated rings. The van der Waals surface area contributed by atoms with E-state index in [0.717, 1.165) is 25.9 Å². The van der Waals surface area contributed by atoms with Gasteiger partial charge in [0, 0.05) is 30.5 Å². The minimum Gasteiger partial charge on any atom is -0.465 e. The second-order valence-corrected chi connectivity index (χ2v) is 7.61. The molecule has 2 aromatic carbocycles. The number of nitrogens with zero attached hydrogens (tertiary/aromatic N) is 1. The predicted molar refractivity (Wildman–Crippen MR) is 119 cm³/mol. The van der Waals surface area contributed by atoms with E-state index in [1.165, 1.54) is 18.4 Å². The summed E-state index contributed by atoms with van der Waals surface area (Å²) in [6.45, 7) is 3.99.